The Kier molecular flexibility index (Phi) is 3.34. The van der Waals surface area contributed by atoms with Gasteiger partial charge in [0.05, 0.1) is 10.6 Å². The summed E-state index contributed by atoms with van der Waals surface area (Å²) in [5.41, 5.74) is 0.310. The highest BCUT2D eigenvalue weighted by atomic mass is 35.5. The van der Waals surface area contributed by atoms with Crippen LogP contribution in [0.4, 0.5) is 11.4 Å². The standard InChI is InChI=1S/C12H11ClN2O3/c1-2-8-5-12(16)14(7-8)9-3-4-10(13)11(6-9)15(17)18/h2-4,6,8H,1,5,7H2. The van der Waals surface area contributed by atoms with Crippen molar-refractivity contribution < 1.29 is 9.72 Å². The fourth-order valence-corrected chi connectivity index (χ4v) is 2.14. The van der Waals surface area contributed by atoms with Gasteiger partial charge in [-0.1, -0.05) is 17.7 Å². The molecular formula is C12H11ClN2O3. The minimum absolute atomic E-state index is 0.0588. The van der Waals surface area contributed by atoms with Gasteiger partial charge in [-0.25, -0.2) is 0 Å². The molecule has 1 atom stereocenters. The molecule has 1 aliphatic heterocycles. The van der Waals surface area contributed by atoms with E-state index in [9.17, 15) is 14.9 Å². The summed E-state index contributed by atoms with van der Waals surface area (Å²) in [6.45, 7) is 4.16. The van der Waals surface area contributed by atoms with Crippen molar-refractivity contribution in [3.8, 4) is 0 Å². The molecule has 1 amide bonds. The Labute approximate surface area is 109 Å². The zero-order valence-corrected chi connectivity index (χ0v) is 10.3. The molecule has 6 heteroatoms. The molecule has 2 rings (SSSR count). The summed E-state index contributed by atoms with van der Waals surface area (Å²) >= 11 is 5.73. The highest BCUT2D eigenvalue weighted by Gasteiger charge is 2.29. The Balaban J connectivity index is 2.35. The first-order valence-corrected chi connectivity index (χ1v) is 5.77. The summed E-state index contributed by atoms with van der Waals surface area (Å²) in [4.78, 5) is 23.5. The van der Waals surface area contributed by atoms with Gasteiger partial charge in [0.15, 0.2) is 0 Å². The predicted octanol–water partition coefficient (Wildman–Crippen LogP) is 2.79. The lowest BCUT2D eigenvalue weighted by atomic mass is 10.1. The van der Waals surface area contributed by atoms with E-state index in [0.717, 1.165) is 0 Å². The number of carbonyl (C=O) groups excluding carboxylic acids is 1. The Bertz CT molecular complexity index is 530. The molecule has 1 saturated heterocycles. The lowest BCUT2D eigenvalue weighted by Gasteiger charge is -2.16. The van der Waals surface area contributed by atoms with Gasteiger partial charge in [0.2, 0.25) is 5.91 Å². The molecule has 1 aromatic carbocycles. The summed E-state index contributed by atoms with van der Waals surface area (Å²) in [5.74, 6) is 0.0313. The number of benzene rings is 1. The third-order valence-corrected chi connectivity index (χ3v) is 3.25. The minimum Gasteiger partial charge on any atom is -0.312 e. The molecule has 1 heterocycles. The molecule has 0 bridgehead atoms. The molecule has 0 radical (unpaired) electrons. The van der Waals surface area contributed by atoms with Gasteiger partial charge < -0.3 is 4.90 Å². The number of carbonyl (C=O) groups is 1. The summed E-state index contributed by atoms with van der Waals surface area (Å²) in [7, 11) is 0. The number of anilines is 1. The molecule has 5 nitrogen and oxygen atoms in total. The second-order valence-electron chi connectivity index (χ2n) is 4.10. The number of nitro groups is 1. The molecule has 0 saturated carbocycles. The summed E-state index contributed by atoms with van der Waals surface area (Å²) in [6, 6.07) is 4.37. The van der Waals surface area contributed by atoms with E-state index in [1.165, 1.54) is 17.0 Å². The van der Waals surface area contributed by atoms with Crippen molar-refractivity contribution in [3.05, 3.63) is 46.0 Å². The minimum atomic E-state index is -0.558. The van der Waals surface area contributed by atoms with E-state index in [2.05, 4.69) is 6.58 Å². The van der Waals surface area contributed by atoms with Crippen molar-refractivity contribution in [1.82, 2.24) is 0 Å². The molecule has 0 aromatic heterocycles. The SMILES string of the molecule is C=CC1CC(=O)N(c2ccc(Cl)c([N+](=O)[O-])c2)C1. The van der Waals surface area contributed by atoms with Gasteiger partial charge in [0.25, 0.3) is 5.69 Å². The zero-order chi connectivity index (χ0) is 13.3. The van der Waals surface area contributed by atoms with Crippen LogP contribution in [-0.4, -0.2) is 17.4 Å². The number of rotatable bonds is 3. The van der Waals surface area contributed by atoms with E-state index in [4.69, 9.17) is 11.6 Å². The van der Waals surface area contributed by atoms with Gasteiger partial charge in [-0.3, -0.25) is 14.9 Å². The van der Waals surface area contributed by atoms with Crippen LogP contribution in [0.1, 0.15) is 6.42 Å². The van der Waals surface area contributed by atoms with Crippen LogP contribution < -0.4 is 4.90 Å². The number of nitro benzene ring substituents is 1. The molecular weight excluding hydrogens is 256 g/mol. The van der Waals surface area contributed by atoms with E-state index >= 15 is 0 Å². The van der Waals surface area contributed by atoms with E-state index in [1.807, 2.05) is 0 Å². The lowest BCUT2D eigenvalue weighted by Crippen LogP contribution is -2.24. The number of hydrogen-bond acceptors (Lipinski definition) is 3. The van der Waals surface area contributed by atoms with Gasteiger partial charge in [-0.2, -0.15) is 0 Å². The summed E-state index contributed by atoms with van der Waals surface area (Å²) < 4.78 is 0. The normalized spacial score (nSPS) is 19.1. The largest absolute Gasteiger partial charge is 0.312 e. The van der Waals surface area contributed by atoms with E-state index < -0.39 is 4.92 Å². The smallest absolute Gasteiger partial charge is 0.289 e. The van der Waals surface area contributed by atoms with Crippen LogP contribution in [0.15, 0.2) is 30.9 Å². The van der Waals surface area contributed by atoms with Crippen LogP contribution in [0.25, 0.3) is 0 Å². The number of halogens is 1. The Hall–Kier alpha value is -1.88. The third-order valence-electron chi connectivity index (χ3n) is 2.93. The van der Waals surface area contributed by atoms with Crippen LogP contribution in [0, 0.1) is 16.0 Å². The number of amides is 1. The van der Waals surface area contributed by atoms with Gasteiger partial charge in [0.1, 0.15) is 5.02 Å². The van der Waals surface area contributed by atoms with Gasteiger partial charge in [-0.15, -0.1) is 6.58 Å². The summed E-state index contributed by atoms with van der Waals surface area (Å²) in [6.07, 6.45) is 2.11. The monoisotopic (exact) mass is 266 g/mol. The average molecular weight is 267 g/mol. The maximum atomic E-state index is 11.8. The predicted molar refractivity (Wildman–Crippen MR) is 68.8 cm³/mol. The highest BCUT2D eigenvalue weighted by Crippen LogP contribution is 2.32. The third kappa shape index (κ3) is 2.22. The molecule has 1 fully saturated rings. The fraction of sp³-hybridized carbons (Fsp3) is 0.250. The number of nitrogens with zero attached hydrogens (tertiary/aromatic N) is 2. The molecule has 1 unspecified atom stereocenters. The molecule has 0 aliphatic carbocycles. The lowest BCUT2D eigenvalue weighted by molar-refractivity contribution is -0.384. The van der Waals surface area contributed by atoms with Crippen molar-refractivity contribution >= 4 is 28.9 Å². The maximum Gasteiger partial charge on any atom is 0.289 e. The first kappa shape index (κ1) is 12.6. The van der Waals surface area contributed by atoms with Crippen molar-refractivity contribution in [1.29, 1.82) is 0 Å². The Morgan fingerprint density at radius 3 is 2.83 bits per heavy atom. The first-order chi connectivity index (χ1) is 8.52. The average Bonchev–Trinajstić information content (AvgIpc) is 2.71. The van der Waals surface area contributed by atoms with Crippen LogP contribution >= 0.6 is 11.6 Å². The second-order valence-corrected chi connectivity index (χ2v) is 4.50. The Morgan fingerprint density at radius 2 is 2.28 bits per heavy atom. The quantitative estimate of drug-likeness (QED) is 0.480. The second kappa shape index (κ2) is 4.78. The zero-order valence-electron chi connectivity index (χ0n) is 9.51. The molecule has 18 heavy (non-hydrogen) atoms. The van der Waals surface area contributed by atoms with Crippen molar-refractivity contribution in [2.45, 2.75) is 6.42 Å². The van der Waals surface area contributed by atoms with Crippen molar-refractivity contribution in [2.75, 3.05) is 11.4 Å². The summed E-state index contributed by atoms with van der Waals surface area (Å²) in [5, 5.41) is 10.9. The fourth-order valence-electron chi connectivity index (χ4n) is 1.95. The molecule has 1 aromatic rings. The maximum absolute atomic E-state index is 11.8. The van der Waals surface area contributed by atoms with Crippen LogP contribution in [0.2, 0.25) is 5.02 Å². The molecule has 94 valence electrons. The first-order valence-electron chi connectivity index (χ1n) is 5.39. The van der Waals surface area contributed by atoms with Crippen LogP contribution in [0.3, 0.4) is 0 Å². The van der Waals surface area contributed by atoms with Gasteiger partial charge in [0, 0.05) is 24.9 Å². The molecule has 0 spiro atoms. The van der Waals surface area contributed by atoms with Crippen molar-refractivity contribution in [2.24, 2.45) is 5.92 Å². The van der Waals surface area contributed by atoms with E-state index in [-0.39, 0.29) is 22.5 Å². The number of hydrogen-bond donors (Lipinski definition) is 0. The van der Waals surface area contributed by atoms with Crippen LogP contribution in [-0.2, 0) is 4.79 Å². The van der Waals surface area contributed by atoms with Gasteiger partial charge >= 0.3 is 0 Å². The molecule has 1 aliphatic rings. The topological polar surface area (TPSA) is 63.5 Å². The van der Waals surface area contributed by atoms with E-state index in [0.29, 0.717) is 18.7 Å². The van der Waals surface area contributed by atoms with Crippen LogP contribution in [0.5, 0.6) is 0 Å². The highest BCUT2D eigenvalue weighted by molar-refractivity contribution is 6.32. The van der Waals surface area contributed by atoms with Gasteiger partial charge in [-0.05, 0) is 12.1 Å². The van der Waals surface area contributed by atoms with Crippen molar-refractivity contribution in [3.63, 3.8) is 0 Å². The molecule has 0 N–H and O–H groups in total. The van der Waals surface area contributed by atoms with E-state index in [1.54, 1.807) is 12.1 Å². The Morgan fingerprint density at radius 1 is 1.56 bits per heavy atom.